The third-order valence-corrected chi connectivity index (χ3v) is 4.75. The Balaban J connectivity index is 1.42. The third kappa shape index (κ3) is 4.50. The van der Waals surface area contributed by atoms with E-state index in [4.69, 9.17) is 0 Å². The van der Waals surface area contributed by atoms with E-state index in [-0.39, 0.29) is 17.7 Å². The second kappa shape index (κ2) is 8.17. The second-order valence-corrected chi connectivity index (χ2v) is 6.96. The Morgan fingerprint density at radius 3 is 2.73 bits per heavy atom. The molecule has 26 heavy (non-hydrogen) atoms. The van der Waals surface area contributed by atoms with Gasteiger partial charge < -0.3 is 10.2 Å². The van der Waals surface area contributed by atoms with Crippen molar-refractivity contribution in [2.45, 2.75) is 39.8 Å². The van der Waals surface area contributed by atoms with Gasteiger partial charge in [-0.2, -0.15) is 5.10 Å². The van der Waals surface area contributed by atoms with Crippen LogP contribution in [0.15, 0.2) is 36.4 Å². The summed E-state index contributed by atoms with van der Waals surface area (Å²) in [4.78, 5) is 26.3. The van der Waals surface area contributed by atoms with Crippen LogP contribution in [0.3, 0.4) is 0 Å². The van der Waals surface area contributed by atoms with Crippen LogP contribution in [0.5, 0.6) is 0 Å². The van der Waals surface area contributed by atoms with Crippen LogP contribution in [0.25, 0.3) is 0 Å². The van der Waals surface area contributed by atoms with Crippen LogP contribution in [0.2, 0.25) is 0 Å². The number of aromatic nitrogens is 2. The Morgan fingerprint density at radius 1 is 1.27 bits per heavy atom. The van der Waals surface area contributed by atoms with Crippen molar-refractivity contribution < 1.29 is 9.59 Å². The number of nitrogens with one attached hydrogen (secondary N) is 1. The normalized spacial score (nSPS) is 16.9. The van der Waals surface area contributed by atoms with E-state index in [9.17, 15) is 9.59 Å². The number of hydrogen-bond acceptors (Lipinski definition) is 3. The standard InChI is InChI=1S/C20H26N4O2/c1-15-11-16(2)24(22-15)10-6-9-21-20(26)18-12-19(25)23(14-18)13-17-7-4-3-5-8-17/h3-5,7-8,11,18H,6,9-10,12-14H2,1-2H3,(H,21,26)/t18-/m1/s1. The van der Waals surface area contributed by atoms with Crippen molar-refractivity contribution in [2.24, 2.45) is 5.92 Å². The Kier molecular flexibility index (Phi) is 5.71. The van der Waals surface area contributed by atoms with Gasteiger partial charge in [0.15, 0.2) is 0 Å². The van der Waals surface area contributed by atoms with E-state index in [0.29, 0.717) is 26.1 Å². The molecule has 0 unspecified atom stereocenters. The zero-order valence-corrected chi connectivity index (χ0v) is 15.4. The summed E-state index contributed by atoms with van der Waals surface area (Å²) in [7, 11) is 0. The highest BCUT2D eigenvalue weighted by molar-refractivity contribution is 5.89. The monoisotopic (exact) mass is 354 g/mol. The lowest BCUT2D eigenvalue weighted by Gasteiger charge is -2.16. The van der Waals surface area contributed by atoms with Crippen LogP contribution in [0.4, 0.5) is 0 Å². The van der Waals surface area contributed by atoms with E-state index in [1.54, 1.807) is 4.90 Å². The largest absolute Gasteiger partial charge is 0.356 e. The zero-order valence-electron chi connectivity index (χ0n) is 15.4. The molecule has 1 atom stereocenters. The lowest BCUT2D eigenvalue weighted by molar-refractivity contribution is -0.129. The highest BCUT2D eigenvalue weighted by Gasteiger charge is 2.33. The van der Waals surface area contributed by atoms with Crippen molar-refractivity contribution in [1.82, 2.24) is 20.0 Å². The van der Waals surface area contributed by atoms with E-state index < -0.39 is 0 Å². The van der Waals surface area contributed by atoms with Crippen LogP contribution in [-0.4, -0.2) is 39.6 Å². The molecule has 3 rings (SSSR count). The van der Waals surface area contributed by atoms with Gasteiger partial charge in [0.1, 0.15) is 0 Å². The Labute approximate surface area is 154 Å². The van der Waals surface area contributed by atoms with Gasteiger partial charge in [-0.05, 0) is 31.9 Å². The van der Waals surface area contributed by atoms with Gasteiger partial charge in [0.2, 0.25) is 11.8 Å². The Bertz CT molecular complexity index is 769. The minimum absolute atomic E-state index is 0.0257. The summed E-state index contributed by atoms with van der Waals surface area (Å²) in [5.74, 6) is -0.223. The average Bonchev–Trinajstić information content (AvgIpc) is 3.14. The van der Waals surface area contributed by atoms with Crippen molar-refractivity contribution in [3.05, 3.63) is 53.3 Å². The number of rotatable bonds is 7. The molecule has 2 heterocycles. The topological polar surface area (TPSA) is 67.2 Å². The predicted octanol–water partition coefficient (Wildman–Crippen LogP) is 2.05. The number of hydrogen-bond donors (Lipinski definition) is 1. The van der Waals surface area contributed by atoms with Crippen molar-refractivity contribution in [3.63, 3.8) is 0 Å². The molecule has 2 aromatic rings. The minimum atomic E-state index is -0.250. The van der Waals surface area contributed by atoms with Crippen LogP contribution >= 0.6 is 0 Å². The predicted molar refractivity (Wildman–Crippen MR) is 99.3 cm³/mol. The fourth-order valence-electron chi connectivity index (χ4n) is 3.39. The van der Waals surface area contributed by atoms with Crippen molar-refractivity contribution in [2.75, 3.05) is 13.1 Å². The molecule has 1 aromatic heterocycles. The number of amides is 2. The molecule has 2 amide bonds. The molecule has 6 heteroatoms. The minimum Gasteiger partial charge on any atom is -0.356 e. The summed E-state index contributed by atoms with van der Waals surface area (Å²) in [6.07, 6.45) is 1.12. The molecule has 6 nitrogen and oxygen atoms in total. The first-order valence-electron chi connectivity index (χ1n) is 9.13. The molecule has 1 N–H and O–H groups in total. The molecule has 1 fully saturated rings. The van der Waals surface area contributed by atoms with Gasteiger partial charge >= 0.3 is 0 Å². The summed E-state index contributed by atoms with van der Waals surface area (Å²) in [6, 6.07) is 11.9. The molecule has 0 saturated carbocycles. The lowest BCUT2D eigenvalue weighted by Crippen LogP contribution is -2.33. The smallest absolute Gasteiger partial charge is 0.225 e. The molecule has 138 valence electrons. The molecule has 1 saturated heterocycles. The lowest BCUT2D eigenvalue weighted by atomic mass is 10.1. The van der Waals surface area contributed by atoms with Crippen molar-refractivity contribution >= 4 is 11.8 Å². The van der Waals surface area contributed by atoms with Gasteiger partial charge in [-0.15, -0.1) is 0 Å². The summed E-state index contributed by atoms with van der Waals surface area (Å²) in [6.45, 7) is 6.45. The van der Waals surface area contributed by atoms with Gasteiger partial charge in [-0.3, -0.25) is 14.3 Å². The van der Waals surface area contributed by atoms with Gasteiger partial charge in [0.25, 0.3) is 0 Å². The molecule has 0 aliphatic carbocycles. The zero-order chi connectivity index (χ0) is 18.5. The first-order valence-corrected chi connectivity index (χ1v) is 9.13. The number of carbonyl (C=O) groups is 2. The highest BCUT2D eigenvalue weighted by Crippen LogP contribution is 2.20. The van der Waals surface area contributed by atoms with Crippen LogP contribution < -0.4 is 5.32 Å². The Morgan fingerprint density at radius 2 is 2.04 bits per heavy atom. The van der Waals surface area contributed by atoms with E-state index >= 15 is 0 Å². The number of aryl methyl sites for hydroxylation is 3. The molecule has 1 aliphatic heterocycles. The van der Waals surface area contributed by atoms with Crippen molar-refractivity contribution in [3.8, 4) is 0 Å². The molecule has 0 bridgehead atoms. The van der Waals surface area contributed by atoms with E-state index in [2.05, 4.69) is 10.4 Å². The number of benzene rings is 1. The summed E-state index contributed by atoms with van der Waals surface area (Å²) < 4.78 is 1.96. The Hall–Kier alpha value is -2.63. The maximum Gasteiger partial charge on any atom is 0.225 e. The molecular formula is C20H26N4O2. The second-order valence-electron chi connectivity index (χ2n) is 6.96. The van der Waals surface area contributed by atoms with Gasteiger partial charge in [-0.1, -0.05) is 30.3 Å². The van der Waals surface area contributed by atoms with E-state index in [1.807, 2.05) is 54.9 Å². The maximum atomic E-state index is 12.4. The molecule has 1 aliphatic rings. The summed E-state index contributed by atoms with van der Waals surface area (Å²) in [5.41, 5.74) is 3.23. The first-order chi connectivity index (χ1) is 12.5. The molecular weight excluding hydrogens is 328 g/mol. The van der Waals surface area contributed by atoms with Crippen LogP contribution in [0, 0.1) is 19.8 Å². The number of carbonyl (C=O) groups excluding carboxylic acids is 2. The summed E-state index contributed by atoms with van der Waals surface area (Å²) in [5, 5.41) is 7.38. The molecule has 1 aromatic carbocycles. The molecule has 0 radical (unpaired) electrons. The SMILES string of the molecule is Cc1cc(C)n(CCCNC(=O)[C@@H]2CC(=O)N(Cc3ccccc3)C2)n1. The first kappa shape index (κ1) is 18.2. The van der Waals surface area contributed by atoms with Crippen LogP contribution in [0.1, 0.15) is 29.8 Å². The fourth-order valence-corrected chi connectivity index (χ4v) is 3.39. The van der Waals surface area contributed by atoms with Gasteiger partial charge in [0, 0.05) is 38.3 Å². The molecule has 0 spiro atoms. The third-order valence-electron chi connectivity index (χ3n) is 4.75. The van der Waals surface area contributed by atoms with E-state index in [0.717, 1.165) is 29.9 Å². The van der Waals surface area contributed by atoms with E-state index in [1.165, 1.54) is 0 Å². The van der Waals surface area contributed by atoms with Gasteiger partial charge in [-0.25, -0.2) is 0 Å². The highest BCUT2D eigenvalue weighted by atomic mass is 16.2. The number of likely N-dealkylation sites (tertiary alicyclic amines) is 1. The number of nitrogens with zero attached hydrogens (tertiary/aromatic N) is 3. The van der Waals surface area contributed by atoms with Crippen LogP contribution in [-0.2, 0) is 22.7 Å². The average molecular weight is 354 g/mol. The van der Waals surface area contributed by atoms with Crippen molar-refractivity contribution in [1.29, 1.82) is 0 Å². The summed E-state index contributed by atoms with van der Waals surface area (Å²) >= 11 is 0. The fraction of sp³-hybridized carbons (Fsp3) is 0.450. The van der Waals surface area contributed by atoms with Gasteiger partial charge in [0.05, 0.1) is 11.6 Å². The maximum absolute atomic E-state index is 12.4. The quantitative estimate of drug-likeness (QED) is 0.774.